The van der Waals surface area contributed by atoms with Crippen LogP contribution >= 0.6 is 22.9 Å². The highest BCUT2D eigenvalue weighted by Gasteiger charge is 2.37. The van der Waals surface area contributed by atoms with Gasteiger partial charge in [0, 0.05) is 48.5 Å². The number of likely N-dealkylation sites (tertiary alicyclic amines) is 1. The lowest BCUT2D eigenvalue weighted by atomic mass is 10.1. The first kappa shape index (κ1) is 25.2. The molecule has 5 aromatic rings. The molecule has 1 saturated heterocycles. The number of hydrogen-bond acceptors (Lipinski definition) is 8. The number of fused-ring (bicyclic) bond motifs is 2. The molecule has 1 aromatic carbocycles. The molecule has 1 aliphatic rings. The Morgan fingerprint density at radius 2 is 2.00 bits per heavy atom. The highest BCUT2D eigenvalue weighted by molar-refractivity contribution is 7.09. The summed E-state index contributed by atoms with van der Waals surface area (Å²) < 4.78 is 1.72. The standard InChI is InChI=1S/C27H25ClN8O2S/c28-17-2-4-23-33-20(13-35(23)11-17)27(38)36-12-18(29)10-22(36)26-34-21(14-39-26)25(37)32-7-5-15-1-3-19-16(9-15)6-8-31-24(19)30/h1-4,6,8-9,11,13-14,18,22H,5,7,10,12,29H2,(H2,30,31)(H,32,37)/t18-,22+/m1/s1. The van der Waals surface area contributed by atoms with Gasteiger partial charge in [0.1, 0.15) is 27.9 Å². The molecule has 2 amide bonds. The molecule has 0 aliphatic carbocycles. The van der Waals surface area contributed by atoms with Crippen molar-refractivity contribution in [3.8, 4) is 0 Å². The third kappa shape index (κ3) is 5.03. The van der Waals surface area contributed by atoms with Crippen LogP contribution in [-0.2, 0) is 6.42 Å². The molecule has 5 N–H and O–H groups in total. The maximum absolute atomic E-state index is 13.4. The molecule has 198 valence electrons. The molecule has 0 unspecified atom stereocenters. The van der Waals surface area contributed by atoms with Gasteiger partial charge in [0.05, 0.1) is 11.1 Å². The molecule has 39 heavy (non-hydrogen) atoms. The molecule has 1 aliphatic heterocycles. The summed E-state index contributed by atoms with van der Waals surface area (Å²) >= 11 is 7.42. The zero-order valence-electron chi connectivity index (χ0n) is 20.8. The van der Waals surface area contributed by atoms with Gasteiger partial charge in [0.2, 0.25) is 0 Å². The van der Waals surface area contributed by atoms with Gasteiger partial charge in [-0.2, -0.15) is 0 Å². The molecule has 0 spiro atoms. The summed E-state index contributed by atoms with van der Waals surface area (Å²) in [4.78, 5) is 41.0. The Bertz CT molecular complexity index is 1720. The van der Waals surface area contributed by atoms with E-state index in [0.717, 1.165) is 16.3 Å². The van der Waals surface area contributed by atoms with Gasteiger partial charge in [-0.25, -0.2) is 15.0 Å². The van der Waals surface area contributed by atoms with Crippen LogP contribution in [0.3, 0.4) is 0 Å². The van der Waals surface area contributed by atoms with E-state index in [1.165, 1.54) is 11.3 Å². The summed E-state index contributed by atoms with van der Waals surface area (Å²) in [5.41, 5.74) is 14.5. The third-order valence-corrected chi connectivity index (χ3v) is 8.00. The van der Waals surface area contributed by atoms with Gasteiger partial charge in [-0.3, -0.25) is 9.59 Å². The first-order valence-corrected chi connectivity index (χ1v) is 13.7. The Balaban J connectivity index is 1.12. The highest BCUT2D eigenvalue weighted by atomic mass is 35.5. The second-order valence-electron chi connectivity index (χ2n) is 9.54. The summed E-state index contributed by atoms with van der Waals surface area (Å²) in [6.45, 7) is 0.835. The van der Waals surface area contributed by atoms with Crippen molar-refractivity contribution in [1.82, 2.24) is 29.6 Å². The SMILES string of the molecule is Nc1nccc2cc(CCNC(=O)c3csc([C@@H]4C[C@@H](N)CN4C(=O)c4cn5cc(Cl)ccc5n4)n3)ccc12. The highest BCUT2D eigenvalue weighted by Crippen LogP contribution is 2.34. The van der Waals surface area contributed by atoms with Crippen molar-refractivity contribution in [3.63, 3.8) is 0 Å². The van der Waals surface area contributed by atoms with Crippen LogP contribution in [0.25, 0.3) is 16.4 Å². The molecule has 1 fully saturated rings. The summed E-state index contributed by atoms with van der Waals surface area (Å²) in [5, 5.41) is 7.80. The normalized spacial score (nSPS) is 17.2. The Labute approximate surface area is 232 Å². The number of nitrogens with one attached hydrogen (secondary N) is 1. The Kier molecular flexibility index (Phi) is 6.63. The molecule has 10 nitrogen and oxygen atoms in total. The molecular weight excluding hydrogens is 536 g/mol. The van der Waals surface area contributed by atoms with Crippen LogP contribution in [0, 0.1) is 0 Å². The molecule has 4 aromatic heterocycles. The first-order chi connectivity index (χ1) is 18.9. The van der Waals surface area contributed by atoms with Gasteiger partial charge in [-0.1, -0.05) is 29.8 Å². The van der Waals surface area contributed by atoms with Crippen molar-refractivity contribution in [2.24, 2.45) is 5.73 Å². The number of carbonyl (C=O) groups excluding carboxylic acids is 2. The molecule has 0 saturated carbocycles. The number of pyridine rings is 2. The van der Waals surface area contributed by atoms with Gasteiger partial charge in [-0.05, 0) is 42.0 Å². The average Bonchev–Trinajstić information content (AvgIpc) is 3.66. The fraction of sp³-hybridized carbons (Fsp3) is 0.222. The van der Waals surface area contributed by atoms with Crippen molar-refractivity contribution >= 4 is 57.0 Å². The van der Waals surface area contributed by atoms with Crippen molar-refractivity contribution in [3.05, 3.63) is 87.4 Å². The minimum absolute atomic E-state index is 0.195. The van der Waals surface area contributed by atoms with E-state index in [9.17, 15) is 9.59 Å². The molecule has 0 bridgehead atoms. The molecule has 0 radical (unpaired) electrons. The summed E-state index contributed by atoms with van der Waals surface area (Å²) in [5.74, 6) is 0.00413. The minimum atomic E-state index is -0.327. The number of thiazole rings is 1. The second kappa shape index (κ2) is 10.3. The Morgan fingerprint density at radius 1 is 1.13 bits per heavy atom. The quantitative estimate of drug-likeness (QED) is 0.288. The Hall–Kier alpha value is -4.06. The van der Waals surface area contributed by atoms with Crippen molar-refractivity contribution < 1.29 is 9.59 Å². The van der Waals surface area contributed by atoms with E-state index in [1.807, 2.05) is 24.3 Å². The largest absolute Gasteiger partial charge is 0.383 e. The molecule has 5 heterocycles. The molecule has 6 rings (SSSR count). The average molecular weight is 561 g/mol. The number of imidazole rings is 1. The summed E-state index contributed by atoms with van der Waals surface area (Å²) in [6.07, 6.45) is 6.26. The van der Waals surface area contributed by atoms with Crippen molar-refractivity contribution in [2.75, 3.05) is 18.8 Å². The summed E-state index contributed by atoms with van der Waals surface area (Å²) in [6, 6.07) is 10.9. The van der Waals surface area contributed by atoms with E-state index < -0.39 is 0 Å². The maximum Gasteiger partial charge on any atom is 0.274 e. The van der Waals surface area contributed by atoms with E-state index in [-0.39, 0.29) is 23.9 Å². The van der Waals surface area contributed by atoms with Gasteiger partial charge >= 0.3 is 0 Å². The fourth-order valence-corrected chi connectivity index (χ4v) is 6.00. The van der Waals surface area contributed by atoms with Gasteiger partial charge in [0.25, 0.3) is 11.8 Å². The molecule has 2 atom stereocenters. The van der Waals surface area contributed by atoms with E-state index in [0.29, 0.717) is 58.8 Å². The monoisotopic (exact) mass is 560 g/mol. The van der Waals surface area contributed by atoms with Crippen LogP contribution < -0.4 is 16.8 Å². The number of nitrogens with two attached hydrogens (primary N) is 2. The van der Waals surface area contributed by atoms with Crippen LogP contribution in [0.2, 0.25) is 5.02 Å². The van der Waals surface area contributed by atoms with Crippen LogP contribution in [0.15, 0.2) is 60.4 Å². The summed E-state index contributed by atoms with van der Waals surface area (Å²) in [7, 11) is 0. The number of halogens is 1. The predicted molar refractivity (Wildman–Crippen MR) is 151 cm³/mol. The third-order valence-electron chi connectivity index (χ3n) is 6.83. The number of hydrogen-bond donors (Lipinski definition) is 3. The van der Waals surface area contributed by atoms with E-state index in [2.05, 4.69) is 20.3 Å². The first-order valence-electron chi connectivity index (χ1n) is 12.4. The van der Waals surface area contributed by atoms with Crippen LogP contribution in [0.5, 0.6) is 0 Å². The number of nitrogen functional groups attached to an aromatic ring is 1. The zero-order chi connectivity index (χ0) is 27.1. The molecular formula is C27H25ClN8O2S. The Morgan fingerprint density at radius 3 is 2.87 bits per heavy atom. The number of rotatable bonds is 6. The van der Waals surface area contributed by atoms with Gasteiger partial charge in [-0.15, -0.1) is 11.3 Å². The smallest absolute Gasteiger partial charge is 0.274 e. The van der Waals surface area contributed by atoms with E-state index in [1.54, 1.807) is 45.4 Å². The lowest BCUT2D eigenvalue weighted by Gasteiger charge is -2.21. The lowest BCUT2D eigenvalue weighted by molar-refractivity contribution is 0.0728. The number of carbonyl (C=O) groups is 2. The number of amides is 2. The zero-order valence-corrected chi connectivity index (χ0v) is 22.3. The number of benzene rings is 1. The minimum Gasteiger partial charge on any atom is -0.383 e. The van der Waals surface area contributed by atoms with Crippen molar-refractivity contribution in [2.45, 2.75) is 24.9 Å². The van der Waals surface area contributed by atoms with Crippen LogP contribution in [0.1, 0.15) is 44.0 Å². The predicted octanol–water partition coefficient (Wildman–Crippen LogP) is 3.46. The number of anilines is 1. The van der Waals surface area contributed by atoms with Gasteiger partial charge < -0.3 is 26.1 Å². The van der Waals surface area contributed by atoms with Crippen LogP contribution in [0.4, 0.5) is 5.82 Å². The molecule has 12 heteroatoms. The van der Waals surface area contributed by atoms with Crippen LogP contribution in [-0.4, -0.2) is 55.2 Å². The van der Waals surface area contributed by atoms with Crippen molar-refractivity contribution in [1.29, 1.82) is 0 Å². The van der Waals surface area contributed by atoms with E-state index >= 15 is 0 Å². The topological polar surface area (TPSA) is 145 Å². The number of nitrogens with zero attached hydrogens (tertiary/aromatic N) is 5. The maximum atomic E-state index is 13.4. The fourth-order valence-electron chi connectivity index (χ4n) is 4.90. The van der Waals surface area contributed by atoms with E-state index in [4.69, 9.17) is 23.1 Å². The lowest BCUT2D eigenvalue weighted by Crippen LogP contribution is -2.33. The van der Waals surface area contributed by atoms with Gasteiger partial charge in [0.15, 0.2) is 0 Å². The second-order valence-corrected chi connectivity index (χ2v) is 10.9. The number of aromatic nitrogens is 4.